The van der Waals surface area contributed by atoms with Crippen LogP contribution in [0.3, 0.4) is 0 Å². The van der Waals surface area contributed by atoms with E-state index in [-0.39, 0.29) is 16.7 Å². The topological polar surface area (TPSA) is 52.8 Å². The fourth-order valence-electron chi connectivity index (χ4n) is 3.26. The predicted molar refractivity (Wildman–Crippen MR) is 63.1 cm³/mol. The summed E-state index contributed by atoms with van der Waals surface area (Å²) in [5, 5.41) is 22.3. The minimum atomic E-state index is -0.550. The Morgan fingerprint density at radius 2 is 2.21 bits per heavy atom. The van der Waals surface area contributed by atoms with Crippen molar-refractivity contribution in [3.63, 3.8) is 0 Å². The van der Waals surface area contributed by atoms with Crippen LogP contribution in [0.15, 0.2) is 5.16 Å². The number of aliphatic hydroxyl groups excluding tert-OH is 1. The Balaban J connectivity index is 2.50. The van der Waals surface area contributed by atoms with Crippen molar-refractivity contribution in [2.45, 2.75) is 32.8 Å². The lowest BCUT2D eigenvalue weighted by Gasteiger charge is -2.37. The van der Waals surface area contributed by atoms with Gasteiger partial charge in [0.05, 0.1) is 5.71 Å². The number of halogens is 1. The van der Waals surface area contributed by atoms with Gasteiger partial charge in [-0.2, -0.15) is 0 Å². The van der Waals surface area contributed by atoms with Crippen LogP contribution in [0.25, 0.3) is 0 Å². The first-order chi connectivity index (χ1) is 6.51. The molecule has 0 aliphatic heterocycles. The van der Waals surface area contributed by atoms with Crippen LogP contribution in [0.4, 0.5) is 0 Å². The highest BCUT2D eigenvalue weighted by Gasteiger charge is 2.66. The highest BCUT2D eigenvalue weighted by molar-refractivity contribution is 14.1. The molecule has 0 aromatic carbocycles. The van der Waals surface area contributed by atoms with Gasteiger partial charge in [-0.05, 0) is 18.3 Å². The zero-order valence-corrected chi connectivity index (χ0v) is 10.7. The maximum atomic E-state index is 10.1. The van der Waals surface area contributed by atoms with E-state index in [9.17, 15) is 5.11 Å². The highest BCUT2D eigenvalue weighted by atomic mass is 127. The van der Waals surface area contributed by atoms with Gasteiger partial charge in [-0.15, -0.1) is 0 Å². The third kappa shape index (κ3) is 0.939. The van der Waals surface area contributed by atoms with Crippen LogP contribution in [0.5, 0.6) is 0 Å². The summed E-state index contributed by atoms with van der Waals surface area (Å²) in [6.07, 6.45) is 1.54. The number of fused-ring (bicyclic) bond motifs is 2. The monoisotopic (exact) mass is 309 g/mol. The summed E-state index contributed by atoms with van der Waals surface area (Å²) < 4.78 is 1.00. The molecule has 0 spiro atoms. The van der Waals surface area contributed by atoms with E-state index in [1.165, 1.54) is 0 Å². The van der Waals surface area contributed by atoms with Crippen molar-refractivity contribution in [2.75, 3.05) is 4.43 Å². The van der Waals surface area contributed by atoms with Crippen molar-refractivity contribution >= 4 is 28.3 Å². The van der Waals surface area contributed by atoms with Gasteiger partial charge in [0, 0.05) is 15.8 Å². The molecule has 2 saturated carbocycles. The minimum Gasteiger partial charge on any atom is -0.411 e. The molecule has 0 aromatic heterocycles. The van der Waals surface area contributed by atoms with Crippen molar-refractivity contribution in [3.05, 3.63) is 0 Å². The fourth-order valence-corrected chi connectivity index (χ4v) is 4.66. The second-order valence-corrected chi connectivity index (χ2v) is 5.75. The van der Waals surface area contributed by atoms with E-state index < -0.39 is 6.10 Å². The average molecular weight is 309 g/mol. The van der Waals surface area contributed by atoms with Crippen LogP contribution < -0.4 is 0 Å². The summed E-state index contributed by atoms with van der Waals surface area (Å²) in [5.74, 6) is 0.268. The number of nitrogens with zero attached hydrogens (tertiary/aromatic N) is 1. The summed E-state index contributed by atoms with van der Waals surface area (Å²) in [7, 11) is 0. The Labute approximate surface area is 97.7 Å². The van der Waals surface area contributed by atoms with Crippen molar-refractivity contribution < 1.29 is 10.3 Å². The number of hydrogen-bond donors (Lipinski definition) is 2. The first-order valence-corrected chi connectivity index (χ1v) is 6.49. The number of rotatable bonds is 1. The highest BCUT2D eigenvalue weighted by Crippen LogP contribution is 2.64. The molecule has 4 atom stereocenters. The summed E-state index contributed by atoms with van der Waals surface area (Å²) >= 11 is 2.38. The number of aliphatic hydroxyl groups is 1. The van der Waals surface area contributed by atoms with Gasteiger partial charge in [0.25, 0.3) is 0 Å². The van der Waals surface area contributed by atoms with Gasteiger partial charge >= 0.3 is 0 Å². The average Bonchev–Trinajstić information content (AvgIpc) is 2.52. The zero-order valence-electron chi connectivity index (χ0n) is 8.50. The van der Waals surface area contributed by atoms with Gasteiger partial charge in [-0.25, -0.2) is 0 Å². The maximum Gasteiger partial charge on any atom is 0.102 e. The second-order valence-electron chi connectivity index (χ2n) is 4.99. The zero-order chi connectivity index (χ0) is 10.6. The van der Waals surface area contributed by atoms with Crippen molar-refractivity contribution in [1.29, 1.82) is 0 Å². The SMILES string of the molecule is C[C@]12CC[C@H](/C(=N\O)[C@@H]1O)[C@@]2(C)CI. The quantitative estimate of drug-likeness (QED) is 0.337. The summed E-state index contributed by atoms with van der Waals surface area (Å²) in [6.45, 7) is 4.33. The first kappa shape index (κ1) is 10.7. The molecule has 14 heavy (non-hydrogen) atoms. The lowest BCUT2D eigenvalue weighted by Crippen LogP contribution is -2.39. The molecule has 2 rings (SSSR count). The molecule has 80 valence electrons. The van der Waals surface area contributed by atoms with E-state index in [2.05, 4.69) is 41.6 Å². The van der Waals surface area contributed by atoms with Gasteiger partial charge < -0.3 is 10.3 Å². The molecule has 0 saturated heterocycles. The standard InChI is InChI=1S/C10H16INO2/c1-9-4-3-6(10(9,2)5-11)7(12-14)8(9)13/h6,8,13-14H,3-5H2,1-2H3/b12-7+/t6-,8+,9+,10-/m1/s1. The molecule has 2 N–H and O–H groups in total. The van der Waals surface area contributed by atoms with Gasteiger partial charge in [-0.3, -0.25) is 0 Å². The molecule has 0 heterocycles. The van der Waals surface area contributed by atoms with E-state index in [0.29, 0.717) is 5.71 Å². The summed E-state index contributed by atoms with van der Waals surface area (Å²) in [5.41, 5.74) is 0.604. The molecule has 2 aliphatic carbocycles. The predicted octanol–water partition coefficient (Wildman–Crippen LogP) is 2.05. The van der Waals surface area contributed by atoms with E-state index in [4.69, 9.17) is 5.21 Å². The van der Waals surface area contributed by atoms with E-state index in [0.717, 1.165) is 17.3 Å². The van der Waals surface area contributed by atoms with Crippen LogP contribution in [0.2, 0.25) is 0 Å². The molecule has 2 aliphatic rings. The van der Waals surface area contributed by atoms with Crippen LogP contribution in [-0.4, -0.2) is 26.6 Å². The molecule has 0 aromatic rings. The molecule has 2 fully saturated rings. The van der Waals surface area contributed by atoms with Crippen LogP contribution in [0.1, 0.15) is 26.7 Å². The van der Waals surface area contributed by atoms with Gasteiger partial charge in [0.1, 0.15) is 6.10 Å². The van der Waals surface area contributed by atoms with Crippen molar-refractivity contribution in [2.24, 2.45) is 21.9 Å². The molecule has 0 unspecified atom stereocenters. The molecule has 2 bridgehead atoms. The molecular formula is C10H16INO2. The van der Waals surface area contributed by atoms with Crippen LogP contribution in [0, 0.1) is 16.7 Å². The molecule has 0 amide bonds. The lowest BCUT2D eigenvalue weighted by molar-refractivity contribution is 0.0374. The van der Waals surface area contributed by atoms with E-state index >= 15 is 0 Å². The summed E-state index contributed by atoms with van der Waals surface area (Å²) in [4.78, 5) is 0. The molecule has 0 radical (unpaired) electrons. The first-order valence-electron chi connectivity index (χ1n) is 4.97. The number of alkyl halides is 1. The maximum absolute atomic E-state index is 10.1. The number of hydrogen-bond acceptors (Lipinski definition) is 3. The molecule has 3 nitrogen and oxygen atoms in total. The largest absolute Gasteiger partial charge is 0.411 e. The minimum absolute atomic E-state index is 0.0918. The Morgan fingerprint density at radius 1 is 1.57 bits per heavy atom. The van der Waals surface area contributed by atoms with Crippen molar-refractivity contribution in [1.82, 2.24) is 0 Å². The summed E-state index contributed by atoms with van der Waals surface area (Å²) in [6, 6.07) is 0. The normalized spacial score (nSPS) is 54.4. The Hall–Kier alpha value is 0.160. The van der Waals surface area contributed by atoms with E-state index in [1.54, 1.807) is 0 Å². The van der Waals surface area contributed by atoms with Gasteiger partial charge in [0.2, 0.25) is 0 Å². The van der Waals surface area contributed by atoms with Gasteiger partial charge in [0.15, 0.2) is 0 Å². The Bertz CT molecular complexity index is 292. The second kappa shape index (κ2) is 3.07. The third-order valence-corrected chi connectivity index (χ3v) is 6.24. The smallest absolute Gasteiger partial charge is 0.102 e. The van der Waals surface area contributed by atoms with Crippen LogP contribution >= 0.6 is 22.6 Å². The molecule has 4 heteroatoms. The lowest BCUT2D eigenvalue weighted by atomic mass is 9.70. The van der Waals surface area contributed by atoms with Crippen molar-refractivity contribution in [3.8, 4) is 0 Å². The van der Waals surface area contributed by atoms with Gasteiger partial charge in [-0.1, -0.05) is 41.6 Å². The Morgan fingerprint density at radius 3 is 2.57 bits per heavy atom. The number of oxime groups is 1. The van der Waals surface area contributed by atoms with Crippen LogP contribution in [-0.2, 0) is 0 Å². The fraction of sp³-hybridized carbons (Fsp3) is 0.900. The third-order valence-electron chi connectivity index (χ3n) is 4.66. The molecular weight excluding hydrogens is 293 g/mol. The Kier molecular flexibility index (Phi) is 2.34. The van der Waals surface area contributed by atoms with E-state index in [1.807, 2.05) is 0 Å².